The van der Waals surface area contributed by atoms with E-state index in [2.05, 4.69) is 26.7 Å². The van der Waals surface area contributed by atoms with E-state index in [4.69, 9.17) is 23.4 Å². The van der Waals surface area contributed by atoms with Crippen LogP contribution < -0.4 is 14.2 Å². The lowest BCUT2D eigenvalue weighted by atomic mass is 10.2. The van der Waals surface area contributed by atoms with E-state index in [-0.39, 0.29) is 6.61 Å². The fourth-order valence-electron chi connectivity index (χ4n) is 3.57. The largest absolute Gasteiger partial charge is 0.496 e. The summed E-state index contributed by atoms with van der Waals surface area (Å²) in [6, 6.07) is 5.57. The quantitative estimate of drug-likeness (QED) is 0.288. The van der Waals surface area contributed by atoms with Crippen molar-refractivity contribution in [2.75, 3.05) is 53.0 Å². The van der Waals surface area contributed by atoms with Crippen LogP contribution in [0.15, 0.2) is 44.9 Å². The number of furan rings is 1. The molecule has 4 heterocycles. The minimum absolute atomic E-state index is 0.270. The molecule has 0 atom stereocenters. The molecule has 1 aliphatic rings. The molecule has 0 N–H and O–H groups in total. The third-order valence-corrected chi connectivity index (χ3v) is 7.26. The lowest BCUT2D eigenvalue weighted by molar-refractivity contribution is 0.0474. The van der Waals surface area contributed by atoms with Gasteiger partial charge in [-0.3, -0.25) is 9.89 Å². The Hall–Kier alpha value is -3.06. The van der Waals surface area contributed by atoms with Gasteiger partial charge in [0.2, 0.25) is 4.96 Å². The fourth-order valence-corrected chi connectivity index (χ4v) is 5.14. The van der Waals surface area contributed by atoms with Crippen molar-refractivity contribution in [1.82, 2.24) is 19.5 Å². The summed E-state index contributed by atoms with van der Waals surface area (Å²) in [7, 11) is 3.19. The summed E-state index contributed by atoms with van der Waals surface area (Å²) in [4.78, 5) is 11.8. The number of aliphatic imine (C=N–C) groups is 1. The zero-order chi connectivity index (χ0) is 24.2. The summed E-state index contributed by atoms with van der Waals surface area (Å²) in [5.41, 5.74) is 2.05. The van der Waals surface area contributed by atoms with Crippen LogP contribution in [0.5, 0.6) is 16.7 Å². The molecule has 12 heteroatoms. The Bertz CT molecular complexity index is 1320. The molecule has 5 rings (SSSR count). The molecule has 0 saturated carbocycles. The van der Waals surface area contributed by atoms with Crippen LogP contribution in [-0.2, 0) is 4.74 Å². The third-order valence-electron chi connectivity index (χ3n) is 5.42. The van der Waals surface area contributed by atoms with Crippen molar-refractivity contribution in [3.05, 3.63) is 35.5 Å². The van der Waals surface area contributed by atoms with Gasteiger partial charge in [0.1, 0.15) is 29.4 Å². The number of rotatable bonds is 10. The molecular formula is C23H25N5O5S2. The Morgan fingerprint density at radius 2 is 2.11 bits per heavy atom. The van der Waals surface area contributed by atoms with Gasteiger partial charge in [-0.25, -0.2) is 9.50 Å². The molecule has 1 aliphatic heterocycles. The van der Waals surface area contributed by atoms with Gasteiger partial charge in [0, 0.05) is 31.1 Å². The summed E-state index contributed by atoms with van der Waals surface area (Å²) < 4.78 is 29.9. The first-order valence-electron chi connectivity index (χ1n) is 10.9. The summed E-state index contributed by atoms with van der Waals surface area (Å²) in [5.74, 6) is 2.74. The maximum Gasteiger partial charge on any atom is 0.294 e. The third kappa shape index (κ3) is 5.30. The highest BCUT2D eigenvalue weighted by molar-refractivity contribution is 8.02. The van der Waals surface area contributed by atoms with Crippen molar-refractivity contribution in [3.63, 3.8) is 0 Å². The lowest BCUT2D eigenvalue weighted by Crippen LogP contribution is -2.35. The maximum atomic E-state index is 6.14. The van der Waals surface area contributed by atoms with Crippen LogP contribution in [0.2, 0.25) is 0 Å². The number of imidazole rings is 1. The van der Waals surface area contributed by atoms with Crippen LogP contribution in [0.3, 0.4) is 0 Å². The van der Waals surface area contributed by atoms with Gasteiger partial charge < -0.3 is 23.4 Å². The number of hydrogen-bond donors (Lipinski definition) is 0. The highest BCUT2D eigenvalue weighted by atomic mass is 32.2. The number of benzene rings is 1. The molecule has 1 aromatic carbocycles. The van der Waals surface area contributed by atoms with E-state index in [1.54, 1.807) is 36.7 Å². The highest BCUT2D eigenvalue weighted by Crippen LogP contribution is 2.37. The van der Waals surface area contributed by atoms with E-state index in [1.807, 2.05) is 23.6 Å². The van der Waals surface area contributed by atoms with Gasteiger partial charge in [-0.05, 0) is 29.5 Å². The van der Waals surface area contributed by atoms with E-state index >= 15 is 0 Å². The first kappa shape index (κ1) is 23.7. The average Bonchev–Trinajstić information content (AvgIpc) is 3.59. The van der Waals surface area contributed by atoms with Crippen LogP contribution >= 0.6 is 23.1 Å². The SMILES string of the molecule is C=N/C(=C\SCN1CCOCC1)COc1cc(OC)cc2oc(-c3cn4nc(OC)sc4n3)cc12. The fraction of sp³-hybridized carbons (Fsp3) is 0.348. The van der Waals surface area contributed by atoms with Gasteiger partial charge in [-0.15, -0.1) is 16.9 Å². The zero-order valence-corrected chi connectivity index (χ0v) is 21.1. The first-order valence-corrected chi connectivity index (χ1v) is 12.8. The van der Waals surface area contributed by atoms with E-state index in [1.165, 1.54) is 11.3 Å². The van der Waals surface area contributed by atoms with Gasteiger partial charge in [0.05, 0.1) is 44.7 Å². The minimum Gasteiger partial charge on any atom is -0.496 e. The van der Waals surface area contributed by atoms with Gasteiger partial charge in [-0.1, -0.05) is 0 Å². The van der Waals surface area contributed by atoms with E-state index in [9.17, 15) is 0 Å². The van der Waals surface area contributed by atoms with Gasteiger partial charge in [-0.2, -0.15) is 0 Å². The van der Waals surface area contributed by atoms with Crippen LogP contribution in [0, 0.1) is 0 Å². The normalized spacial score (nSPS) is 15.1. The summed E-state index contributed by atoms with van der Waals surface area (Å²) in [5, 5.41) is 7.67. The molecule has 0 radical (unpaired) electrons. The van der Waals surface area contributed by atoms with Crippen LogP contribution in [0.1, 0.15) is 0 Å². The molecular weight excluding hydrogens is 490 g/mol. The van der Waals surface area contributed by atoms with Crippen LogP contribution in [0.4, 0.5) is 0 Å². The van der Waals surface area contributed by atoms with E-state index < -0.39 is 0 Å². The van der Waals surface area contributed by atoms with Crippen molar-refractivity contribution in [3.8, 4) is 28.1 Å². The van der Waals surface area contributed by atoms with Crippen LogP contribution in [0.25, 0.3) is 27.4 Å². The number of thioether (sulfide) groups is 1. The topological polar surface area (TPSA) is 95.9 Å². The number of methoxy groups -OCH3 is 2. The molecule has 10 nitrogen and oxygen atoms in total. The Labute approximate surface area is 210 Å². The molecule has 35 heavy (non-hydrogen) atoms. The maximum absolute atomic E-state index is 6.14. The molecule has 4 aromatic rings. The second-order valence-electron chi connectivity index (χ2n) is 7.66. The molecule has 0 bridgehead atoms. The molecule has 0 unspecified atom stereocenters. The van der Waals surface area contributed by atoms with Crippen molar-refractivity contribution in [2.45, 2.75) is 0 Å². The van der Waals surface area contributed by atoms with Gasteiger partial charge in [0.25, 0.3) is 5.19 Å². The Morgan fingerprint density at radius 1 is 1.26 bits per heavy atom. The second kappa shape index (κ2) is 10.7. The molecule has 184 valence electrons. The Morgan fingerprint density at radius 3 is 2.86 bits per heavy atom. The molecule has 0 spiro atoms. The highest BCUT2D eigenvalue weighted by Gasteiger charge is 2.17. The van der Waals surface area contributed by atoms with E-state index in [0.29, 0.717) is 38.7 Å². The first-order chi connectivity index (χ1) is 17.2. The molecule has 1 saturated heterocycles. The van der Waals surface area contributed by atoms with Gasteiger partial charge >= 0.3 is 0 Å². The Balaban J connectivity index is 1.34. The van der Waals surface area contributed by atoms with Gasteiger partial charge in [0.15, 0.2) is 5.76 Å². The molecule has 3 aromatic heterocycles. The van der Waals surface area contributed by atoms with Crippen molar-refractivity contribution >= 4 is 45.7 Å². The van der Waals surface area contributed by atoms with Crippen molar-refractivity contribution in [1.29, 1.82) is 0 Å². The predicted molar refractivity (Wildman–Crippen MR) is 137 cm³/mol. The number of ether oxygens (including phenoxy) is 4. The smallest absolute Gasteiger partial charge is 0.294 e. The predicted octanol–water partition coefficient (Wildman–Crippen LogP) is 4.16. The molecule has 1 fully saturated rings. The van der Waals surface area contributed by atoms with Crippen LogP contribution in [-0.4, -0.2) is 79.2 Å². The number of morpholine rings is 1. The summed E-state index contributed by atoms with van der Waals surface area (Å²) in [6.07, 6.45) is 1.80. The number of fused-ring (bicyclic) bond motifs is 2. The standard InChI is InChI=1S/C23H25N5O5S2/c1-24-15(13-34-14-27-4-6-31-7-5-27)12-32-19-8-16(29-2)9-20-17(19)10-21(33-20)18-11-28-22(25-18)35-23(26-28)30-3/h8-11,13H,1,4-7,12,14H2,2-3H3/b15-13-. The summed E-state index contributed by atoms with van der Waals surface area (Å²) in [6.45, 7) is 7.40. The number of hydrogen-bond acceptors (Lipinski definition) is 11. The number of nitrogens with zero attached hydrogens (tertiary/aromatic N) is 5. The minimum atomic E-state index is 0.270. The van der Waals surface area contributed by atoms with Crippen molar-refractivity contribution < 1.29 is 23.4 Å². The zero-order valence-electron chi connectivity index (χ0n) is 19.4. The summed E-state index contributed by atoms with van der Waals surface area (Å²) >= 11 is 3.03. The number of aromatic nitrogens is 3. The molecule has 0 amide bonds. The lowest BCUT2D eigenvalue weighted by Gasteiger charge is -2.25. The van der Waals surface area contributed by atoms with E-state index in [0.717, 1.165) is 43.3 Å². The Kier molecular flexibility index (Phi) is 7.23. The van der Waals surface area contributed by atoms with Crippen molar-refractivity contribution in [2.24, 2.45) is 4.99 Å². The average molecular weight is 516 g/mol. The second-order valence-corrected chi connectivity index (χ2v) is 9.40. The monoisotopic (exact) mass is 515 g/mol. The molecule has 0 aliphatic carbocycles.